The molecule has 1 N–H and O–H groups in total. The van der Waals surface area contributed by atoms with E-state index in [1.165, 1.54) is 6.39 Å². The molecule has 1 rings (SSSR count). The fourth-order valence-corrected chi connectivity index (χ4v) is 2.67. The predicted molar refractivity (Wildman–Crippen MR) is 70.4 cm³/mol. The maximum absolute atomic E-state index is 11.8. The number of carbonyl (C=O) groups is 1. The van der Waals surface area contributed by atoms with Gasteiger partial charge in [-0.05, 0) is 12.8 Å². The molecule has 0 bridgehead atoms. The van der Waals surface area contributed by atoms with E-state index >= 15 is 0 Å². The van der Waals surface area contributed by atoms with Crippen LogP contribution in [0.1, 0.15) is 42.9 Å². The quantitative estimate of drug-likeness (QED) is 0.822. The summed E-state index contributed by atoms with van der Waals surface area (Å²) in [4.78, 5) is 16.0. The lowest BCUT2D eigenvalue weighted by molar-refractivity contribution is 0.0923. The second kappa shape index (κ2) is 6.79. The largest absolute Gasteiger partial charge is 0.438 e. The predicted octanol–water partition coefficient (Wildman–Crippen LogP) is 2.91. The molecule has 0 aliphatic heterocycles. The number of nitrogens with zero attached hydrogens (tertiary/aromatic N) is 1. The fourth-order valence-electron chi connectivity index (χ4n) is 1.76. The van der Waals surface area contributed by atoms with Gasteiger partial charge in [-0.15, -0.1) is 0 Å². The summed E-state index contributed by atoms with van der Waals surface area (Å²) in [5, 5.41) is 2.86. The first-order chi connectivity index (χ1) is 8.10. The Labute approximate surface area is 110 Å². The van der Waals surface area contributed by atoms with Crippen molar-refractivity contribution in [2.75, 3.05) is 6.54 Å². The van der Waals surface area contributed by atoms with Crippen molar-refractivity contribution in [3.05, 3.63) is 17.8 Å². The maximum atomic E-state index is 11.8. The first kappa shape index (κ1) is 14.2. The van der Waals surface area contributed by atoms with Gasteiger partial charge >= 0.3 is 0 Å². The number of carbonyl (C=O) groups excluding carboxylic acids is 1. The van der Waals surface area contributed by atoms with Crippen molar-refractivity contribution in [2.45, 2.75) is 38.4 Å². The van der Waals surface area contributed by atoms with E-state index in [9.17, 15) is 4.79 Å². The summed E-state index contributed by atoms with van der Waals surface area (Å²) in [6.45, 7) is 6.67. The molecule has 1 aromatic rings. The molecule has 0 spiro atoms. The van der Waals surface area contributed by atoms with Gasteiger partial charge < -0.3 is 9.73 Å². The van der Waals surface area contributed by atoms with Crippen molar-refractivity contribution in [1.29, 1.82) is 0 Å². The van der Waals surface area contributed by atoms with Crippen molar-refractivity contribution < 1.29 is 9.21 Å². The standard InChI is InChI=1S/C12H19BrN2O2/c1-4-9(5-2)10(13)6-14-12(16)11-8(3)15-7-17-11/h7,9-10H,4-6H2,1-3H3,(H,14,16). The minimum atomic E-state index is -0.199. The molecule has 5 heteroatoms. The third-order valence-electron chi connectivity index (χ3n) is 2.97. The molecule has 1 heterocycles. The van der Waals surface area contributed by atoms with E-state index in [1.807, 2.05) is 0 Å². The number of aromatic nitrogens is 1. The normalized spacial score (nSPS) is 12.8. The molecule has 17 heavy (non-hydrogen) atoms. The van der Waals surface area contributed by atoms with Gasteiger partial charge in [-0.25, -0.2) is 4.98 Å². The van der Waals surface area contributed by atoms with E-state index in [4.69, 9.17) is 4.42 Å². The molecule has 1 aromatic heterocycles. The number of rotatable bonds is 6. The second-order valence-corrected chi connectivity index (χ2v) is 5.25. The van der Waals surface area contributed by atoms with Crippen LogP contribution < -0.4 is 5.32 Å². The van der Waals surface area contributed by atoms with Crippen molar-refractivity contribution in [3.63, 3.8) is 0 Å². The van der Waals surface area contributed by atoms with Crippen molar-refractivity contribution in [1.82, 2.24) is 10.3 Å². The van der Waals surface area contributed by atoms with Crippen LogP contribution in [0, 0.1) is 12.8 Å². The summed E-state index contributed by atoms with van der Waals surface area (Å²) in [7, 11) is 0. The molecule has 1 unspecified atom stereocenters. The Hall–Kier alpha value is -0.840. The summed E-state index contributed by atoms with van der Waals surface area (Å²) in [6, 6.07) is 0. The Morgan fingerprint density at radius 1 is 1.53 bits per heavy atom. The topological polar surface area (TPSA) is 55.1 Å². The number of hydrogen-bond acceptors (Lipinski definition) is 3. The van der Waals surface area contributed by atoms with Crippen LogP contribution in [-0.2, 0) is 0 Å². The Bertz CT molecular complexity index is 361. The van der Waals surface area contributed by atoms with E-state index in [2.05, 4.69) is 40.1 Å². The van der Waals surface area contributed by atoms with E-state index in [1.54, 1.807) is 6.92 Å². The zero-order chi connectivity index (χ0) is 12.8. The summed E-state index contributed by atoms with van der Waals surface area (Å²) in [5.41, 5.74) is 0.621. The SMILES string of the molecule is CCC(CC)C(Br)CNC(=O)c1ocnc1C. The lowest BCUT2D eigenvalue weighted by atomic mass is 9.99. The average molecular weight is 303 g/mol. The van der Waals surface area contributed by atoms with Gasteiger partial charge in [0.15, 0.2) is 6.39 Å². The third-order valence-corrected chi connectivity index (χ3v) is 4.04. The zero-order valence-corrected chi connectivity index (χ0v) is 12.1. The Balaban J connectivity index is 2.46. The number of halogens is 1. The van der Waals surface area contributed by atoms with Gasteiger partial charge in [0, 0.05) is 11.4 Å². The molecule has 96 valence electrons. The summed E-state index contributed by atoms with van der Waals surface area (Å²) in [6.07, 6.45) is 3.49. The molecular formula is C12H19BrN2O2. The fraction of sp³-hybridized carbons (Fsp3) is 0.667. The van der Waals surface area contributed by atoms with E-state index < -0.39 is 0 Å². The lowest BCUT2D eigenvalue weighted by Gasteiger charge is -2.19. The van der Waals surface area contributed by atoms with Crippen LogP contribution >= 0.6 is 15.9 Å². The highest BCUT2D eigenvalue weighted by atomic mass is 79.9. The van der Waals surface area contributed by atoms with Crippen LogP contribution in [0.4, 0.5) is 0 Å². The summed E-state index contributed by atoms with van der Waals surface area (Å²) < 4.78 is 5.03. The average Bonchev–Trinajstić information content (AvgIpc) is 2.74. The lowest BCUT2D eigenvalue weighted by Crippen LogP contribution is -2.33. The number of nitrogens with one attached hydrogen (secondary N) is 1. The number of oxazole rings is 1. The Kier molecular flexibility index (Phi) is 5.68. The maximum Gasteiger partial charge on any atom is 0.289 e. The van der Waals surface area contributed by atoms with Crippen LogP contribution in [0.15, 0.2) is 10.8 Å². The highest BCUT2D eigenvalue weighted by Gasteiger charge is 2.18. The Morgan fingerprint density at radius 3 is 2.65 bits per heavy atom. The van der Waals surface area contributed by atoms with Crippen LogP contribution in [0.25, 0.3) is 0 Å². The van der Waals surface area contributed by atoms with Gasteiger partial charge in [-0.1, -0.05) is 42.6 Å². The van der Waals surface area contributed by atoms with Crippen molar-refractivity contribution in [3.8, 4) is 0 Å². The highest BCUT2D eigenvalue weighted by Crippen LogP contribution is 2.19. The van der Waals surface area contributed by atoms with Crippen LogP contribution in [0.3, 0.4) is 0 Å². The first-order valence-corrected chi connectivity index (χ1v) is 6.84. The van der Waals surface area contributed by atoms with Crippen LogP contribution in [0.2, 0.25) is 0 Å². The monoisotopic (exact) mass is 302 g/mol. The van der Waals surface area contributed by atoms with Gasteiger partial charge in [-0.3, -0.25) is 4.79 Å². The minimum absolute atomic E-state index is 0.199. The van der Waals surface area contributed by atoms with Crippen LogP contribution in [-0.4, -0.2) is 22.3 Å². The van der Waals surface area contributed by atoms with E-state index in [0.29, 0.717) is 28.7 Å². The third kappa shape index (κ3) is 3.84. The molecule has 0 saturated heterocycles. The number of hydrogen-bond donors (Lipinski definition) is 1. The highest BCUT2D eigenvalue weighted by molar-refractivity contribution is 9.09. The molecule has 0 fully saturated rings. The Morgan fingerprint density at radius 2 is 2.18 bits per heavy atom. The van der Waals surface area contributed by atoms with Gasteiger partial charge in [-0.2, -0.15) is 0 Å². The molecule has 4 nitrogen and oxygen atoms in total. The zero-order valence-electron chi connectivity index (χ0n) is 10.5. The summed E-state index contributed by atoms with van der Waals surface area (Å²) >= 11 is 3.61. The number of alkyl halides is 1. The van der Waals surface area contributed by atoms with Crippen molar-refractivity contribution >= 4 is 21.8 Å². The van der Waals surface area contributed by atoms with Gasteiger partial charge in [0.05, 0.1) is 5.69 Å². The molecule has 1 atom stereocenters. The smallest absolute Gasteiger partial charge is 0.289 e. The van der Waals surface area contributed by atoms with Crippen LogP contribution in [0.5, 0.6) is 0 Å². The molecule has 0 aliphatic carbocycles. The van der Waals surface area contributed by atoms with Gasteiger partial charge in [0.1, 0.15) is 0 Å². The molecule has 0 saturated carbocycles. The van der Waals surface area contributed by atoms with Crippen molar-refractivity contribution in [2.24, 2.45) is 5.92 Å². The molecule has 0 aliphatic rings. The van der Waals surface area contributed by atoms with E-state index in [0.717, 1.165) is 12.8 Å². The minimum Gasteiger partial charge on any atom is -0.438 e. The summed E-state index contributed by atoms with van der Waals surface area (Å²) in [5.74, 6) is 0.677. The number of aryl methyl sites for hydroxylation is 1. The molecule has 0 radical (unpaired) electrons. The van der Waals surface area contributed by atoms with Gasteiger partial charge in [0.2, 0.25) is 5.76 Å². The molecular weight excluding hydrogens is 284 g/mol. The van der Waals surface area contributed by atoms with Gasteiger partial charge in [0.25, 0.3) is 5.91 Å². The molecule has 0 aromatic carbocycles. The van der Waals surface area contributed by atoms with E-state index in [-0.39, 0.29) is 5.91 Å². The molecule has 1 amide bonds. The second-order valence-electron chi connectivity index (χ2n) is 4.07. The first-order valence-electron chi connectivity index (χ1n) is 5.92. The number of amides is 1.